The van der Waals surface area contributed by atoms with E-state index in [0.717, 1.165) is 6.07 Å². The van der Waals surface area contributed by atoms with Gasteiger partial charge in [0, 0.05) is 0 Å². The van der Waals surface area contributed by atoms with Crippen LogP contribution in [0.5, 0.6) is 5.75 Å². The highest BCUT2D eigenvalue weighted by atomic mass is 79.9. The lowest BCUT2D eigenvalue weighted by Crippen LogP contribution is -2.26. The Morgan fingerprint density at radius 3 is 2.35 bits per heavy atom. The van der Waals surface area contributed by atoms with E-state index >= 15 is 0 Å². The van der Waals surface area contributed by atoms with Gasteiger partial charge < -0.3 is 22.3 Å². The molecule has 9 heteroatoms. The summed E-state index contributed by atoms with van der Waals surface area (Å²) in [5, 5.41) is 9.28. The van der Waals surface area contributed by atoms with E-state index in [9.17, 15) is 13.9 Å². The summed E-state index contributed by atoms with van der Waals surface area (Å²) in [6, 6.07) is 1.03. The first-order valence-electron chi connectivity index (χ1n) is 4.13. The second kappa shape index (κ2) is 4.95. The van der Waals surface area contributed by atoms with Crippen molar-refractivity contribution in [2.45, 2.75) is 0 Å². The van der Waals surface area contributed by atoms with Gasteiger partial charge in [-0.15, -0.1) is 0 Å². The summed E-state index contributed by atoms with van der Waals surface area (Å²) < 4.78 is 25.9. The number of hydrogen-bond acceptors (Lipinski definition) is 2. The van der Waals surface area contributed by atoms with Gasteiger partial charge in [-0.05, 0) is 22.0 Å². The fourth-order valence-corrected chi connectivity index (χ4v) is 1.33. The van der Waals surface area contributed by atoms with Gasteiger partial charge in [-0.25, -0.2) is 9.38 Å². The van der Waals surface area contributed by atoms with Gasteiger partial charge in [0.15, 0.2) is 17.5 Å². The maximum atomic E-state index is 13.1. The molecule has 0 saturated carbocycles. The predicted molar refractivity (Wildman–Crippen MR) is 62.8 cm³/mol. The van der Waals surface area contributed by atoms with Crippen LogP contribution in [-0.2, 0) is 0 Å². The molecule has 0 heterocycles. The van der Waals surface area contributed by atoms with E-state index in [-0.39, 0.29) is 16.1 Å². The lowest BCUT2D eigenvalue weighted by atomic mass is 10.3. The number of benzene rings is 1. The minimum atomic E-state index is -1.45. The van der Waals surface area contributed by atoms with E-state index < -0.39 is 23.3 Å². The highest BCUT2D eigenvalue weighted by Crippen LogP contribution is 2.35. The normalized spacial score (nSPS) is 11.4. The average molecular weight is 308 g/mol. The van der Waals surface area contributed by atoms with E-state index in [0.29, 0.717) is 0 Å². The van der Waals surface area contributed by atoms with Crippen LogP contribution in [0.1, 0.15) is 0 Å². The predicted octanol–water partition coefficient (Wildman–Crippen LogP) is 0.653. The zero-order valence-electron chi connectivity index (χ0n) is 8.28. The number of phenols is 1. The Bertz CT molecular complexity index is 513. The van der Waals surface area contributed by atoms with Crippen LogP contribution < -0.4 is 17.2 Å². The number of nitrogens with zero attached hydrogens (tertiary/aromatic N) is 2. The van der Waals surface area contributed by atoms with E-state index in [1.807, 2.05) is 0 Å². The van der Waals surface area contributed by atoms with Crippen molar-refractivity contribution in [3.05, 3.63) is 22.2 Å². The average Bonchev–Trinajstić information content (AvgIpc) is 2.21. The summed E-state index contributed by atoms with van der Waals surface area (Å²) in [5.74, 6) is -4.43. The lowest BCUT2D eigenvalue weighted by molar-refractivity contribution is 0.407. The molecule has 0 spiro atoms. The minimum absolute atomic E-state index is 0.218. The van der Waals surface area contributed by atoms with Crippen molar-refractivity contribution >= 4 is 33.5 Å². The molecular formula is C8H8BrF2N5O. The van der Waals surface area contributed by atoms with Gasteiger partial charge in [0.05, 0.1) is 4.47 Å². The van der Waals surface area contributed by atoms with Gasteiger partial charge in [-0.1, -0.05) is 0 Å². The van der Waals surface area contributed by atoms with E-state index in [1.165, 1.54) is 0 Å². The first-order valence-corrected chi connectivity index (χ1v) is 4.92. The number of halogens is 3. The first-order chi connectivity index (χ1) is 7.82. The Balaban J connectivity index is 3.30. The van der Waals surface area contributed by atoms with E-state index in [2.05, 4.69) is 25.9 Å². The Morgan fingerprint density at radius 2 is 1.82 bits per heavy atom. The monoisotopic (exact) mass is 307 g/mol. The molecule has 0 aromatic heterocycles. The molecule has 7 N–H and O–H groups in total. The molecule has 1 aromatic carbocycles. The molecule has 0 atom stereocenters. The van der Waals surface area contributed by atoms with E-state index in [1.54, 1.807) is 0 Å². The summed E-state index contributed by atoms with van der Waals surface area (Å²) in [6.45, 7) is 0. The summed E-state index contributed by atoms with van der Waals surface area (Å²) in [6.07, 6.45) is 0. The van der Waals surface area contributed by atoms with Crippen molar-refractivity contribution < 1.29 is 13.9 Å². The molecule has 0 saturated heterocycles. The maximum Gasteiger partial charge on any atom is 0.223 e. The molecule has 17 heavy (non-hydrogen) atoms. The molecule has 0 radical (unpaired) electrons. The molecule has 0 aliphatic carbocycles. The minimum Gasteiger partial charge on any atom is -0.503 e. The van der Waals surface area contributed by atoms with Crippen LogP contribution in [0.3, 0.4) is 0 Å². The third kappa shape index (κ3) is 3.03. The van der Waals surface area contributed by atoms with Crippen LogP contribution in [0.2, 0.25) is 0 Å². The summed E-state index contributed by atoms with van der Waals surface area (Å²) in [7, 11) is 0. The van der Waals surface area contributed by atoms with Crippen molar-refractivity contribution in [3.8, 4) is 5.75 Å². The Labute approximate surface area is 103 Å². The van der Waals surface area contributed by atoms with Gasteiger partial charge in [-0.2, -0.15) is 9.38 Å². The van der Waals surface area contributed by atoms with Gasteiger partial charge in [0.1, 0.15) is 5.69 Å². The van der Waals surface area contributed by atoms with Crippen LogP contribution in [0.25, 0.3) is 0 Å². The maximum absolute atomic E-state index is 13.1. The third-order valence-corrected chi connectivity index (χ3v) is 2.17. The van der Waals surface area contributed by atoms with Crippen molar-refractivity contribution in [1.82, 2.24) is 0 Å². The first kappa shape index (κ1) is 13.2. The molecular weight excluding hydrogens is 300 g/mol. The number of nitrogens with two attached hydrogens (primary N) is 3. The fraction of sp³-hybridized carbons (Fsp3) is 0. The number of aliphatic imine (C=N–C) groups is 2. The topological polar surface area (TPSA) is 123 Å². The zero-order chi connectivity index (χ0) is 13.2. The molecule has 0 amide bonds. The second-order valence-corrected chi connectivity index (χ2v) is 3.72. The standard InChI is InChI=1S/C8H8BrF2N5O/c9-2-1-3(6(17)5(11)4(2)10)15-8(14)16-7(12)13/h1,17H,(H6,12,13,14,15,16). The quantitative estimate of drug-likeness (QED) is 0.345. The fourth-order valence-electron chi connectivity index (χ4n) is 0.939. The van der Waals surface area contributed by atoms with Gasteiger partial charge >= 0.3 is 0 Å². The molecule has 0 aliphatic rings. The molecule has 1 aromatic rings. The lowest BCUT2D eigenvalue weighted by Gasteiger charge is -2.03. The molecule has 0 aliphatic heterocycles. The number of aromatic hydroxyl groups is 1. The van der Waals surface area contributed by atoms with Gasteiger partial charge in [0.25, 0.3) is 0 Å². The summed E-state index contributed by atoms with van der Waals surface area (Å²) in [4.78, 5) is 6.87. The van der Waals surface area contributed by atoms with Crippen molar-refractivity contribution in [3.63, 3.8) is 0 Å². The molecule has 0 unspecified atom stereocenters. The van der Waals surface area contributed by atoms with Crippen LogP contribution in [0.4, 0.5) is 14.5 Å². The molecule has 92 valence electrons. The summed E-state index contributed by atoms with van der Waals surface area (Å²) >= 11 is 2.75. The van der Waals surface area contributed by atoms with Crippen LogP contribution in [0.15, 0.2) is 20.5 Å². The van der Waals surface area contributed by atoms with Gasteiger partial charge in [0.2, 0.25) is 11.8 Å². The number of rotatable bonds is 1. The molecule has 0 bridgehead atoms. The van der Waals surface area contributed by atoms with Gasteiger partial charge in [-0.3, -0.25) is 0 Å². The summed E-state index contributed by atoms with van der Waals surface area (Å²) in [5.41, 5.74) is 15.0. The third-order valence-electron chi connectivity index (χ3n) is 1.60. The Kier molecular flexibility index (Phi) is 3.84. The zero-order valence-corrected chi connectivity index (χ0v) is 9.87. The van der Waals surface area contributed by atoms with Crippen LogP contribution in [-0.4, -0.2) is 17.0 Å². The molecule has 0 fully saturated rings. The highest BCUT2D eigenvalue weighted by Gasteiger charge is 2.16. The largest absolute Gasteiger partial charge is 0.503 e. The highest BCUT2D eigenvalue weighted by molar-refractivity contribution is 9.10. The van der Waals surface area contributed by atoms with E-state index in [4.69, 9.17) is 17.2 Å². The second-order valence-electron chi connectivity index (χ2n) is 2.86. The SMILES string of the molecule is NC(N)=NC(N)=Nc1cc(Br)c(F)c(F)c1O. The molecule has 1 rings (SSSR count). The van der Waals surface area contributed by atoms with Crippen LogP contribution >= 0.6 is 15.9 Å². The van der Waals surface area contributed by atoms with Crippen molar-refractivity contribution in [2.75, 3.05) is 0 Å². The molecule has 6 nitrogen and oxygen atoms in total. The van der Waals surface area contributed by atoms with Crippen molar-refractivity contribution in [1.29, 1.82) is 0 Å². The van der Waals surface area contributed by atoms with Crippen LogP contribution in [0, 0.1) is 11.6 Å². The van der Waals surface area contributed by atoms with Crippen molar-refractivity contribution in [2.24, 2.45) is 27.2 Å². The number of phenolic OH excluding ortho intramolecular Hbond substituents is 1. The Hall–Kier alpha value is -1.90. The smallest absolute Gasteiger partial charge is 0.223 e. The number of hydrogen-bond donors (Lipinski definition) is 4. The Morgan fingerprint density at radius 1 is 1.24 bits per heavy atom. The number of guanidine groups is 2.